The van der Waals surface area contributed by atoms with E-state index in [4.69, 9.17) is 0 Å². The van der Waals surface area contributed by atoms with Crippen LogP contribution in [0.5, 0.6) is 0 Å². The predicted octanol–water partition coefficient (Wildman–Crippen LogP) is 4.49. The molecule has 0 fully saturated rings. The van der Waals surface area contributed by atoms with Crippen LogP contribution in [0.25, 0.3) is 0 Å². The van der Waals surface area contributed by atoms with Crippen LogP contribution in [0.2, 0.25) is 0 Å². The van der Waals surface area contributed by atoms with Gasteiger partial charge in [0.1, 0.15) is 6.04 Å². The van der Waals surface area contributed by atoms with Gasteiger partial charge in [-0.05, 0) is 57.7 Å². The molecule has 0 aliphatic rings. The van der Waals surface area contributed by atoms with Crippen LogP contribution >= 0.6 is 0 Å². The fourth-order valence-electron chi connectivity index (χ4n) is 3.19. The first kappa shape index (κ1) is 22.7. The largest absolute Gasteiger partial charge is 0.352 e. The number of amides is 2. The molecule has 29 heavy (non-hydrogen) atoms. The van der Waals surface area contributed by atoms with Crippen LogP contribution in [0.3, 0.4) is 0 Å². The molecule has 2 atom stereocenters. The molecule has 1 N–H and O–H groups in total. The summed E-state index contributed by atoms with van der Waals surface area (Å²) in [4.78, 5) is 27.8. The Morgan fingerprint density at radius 2 is 1.59 bits per heavy atom. The summed E-state index contributed by atoms with van der Waals surface area (Å²) >= 11 is 0. The van der Waals surface area contributed by atoms with Gasteiger partial charge < -0.3 is 10.2 Å². The maximum Gasteiger partial charge on any atom is 0.242 e. The second kappa shape index (κ2) is 10.2. The van der Waals surface area contributed by atoms with Crippen molar-refractivity contribution >= 4 is 11.8 Å². The molecule has 0 radical (unpaired) electrons. The van der Waals surface area contributed by atoms with Gasteiger partial charge in [-0.25, -0.2) is 0 Å². The summed E-state index contributed by atoms with van der Waals surface area (Å²) < 4.78 is 0. The zero-order chi connectivity index (χ0) is 21.6. The topological polar surface area (TPSA) is 49.4 Å². The van der Waals surface area contributed by atoms with E-state index in [1.807, 2.05) is 71.9 Å². The molecule has 0 spiro atoms. The third-order valence-electron chi connectivity index (χ3n) is 5.49. The Hall–Kier alpha value is -2.62. The molecule has 156 valence electrons. The predicted molar refractivity (Wildman–Crippen MR) is 119 cm³/mol. The fraction of sp³-hybridized carbons (Fsp3) is 0.440. The summed E-state index contributed by atoms with van der Waals surface area (Å²) in [6, 6.07) is 13.8. The number of hydrogen-bond acceptors (Lipinski definition) is 2. The molecular weight excluding hydrogens is 360 g/mol. The van der Waals surface area contributed by atoms with Crippen molar-refractivity contribution in [3.05, 3.63) is 70.3 Å². The lowest BCUT2D eigenvalue weighted by molar-refractivity contribution is -0.140. The highest BCUT2D eigenvalue weighted by atomic mass is 16.2. The SMILES string of the molecule is CC[C@@H](C)NC(=O)[C@H](C)N(Cc1ccc(C)cc1)C(=O)Cc1cc(C)ccc1C. The van der Waals surface area contributed by atoms with Crippen LogP contribution in [-0.4, -0.2) is 28.8 Å². The standard InChI is InChI=1S/C25H34N2O2/c1-7-20(5)26-25(29)21(6)27(16-22-12-9-17(2)10-13-22)24(28)15-23-14-18(3)8-11-19(23)4/h8-14,20-21H,7,15-16H2,1-6H3,(H,26,29)/t20-,21+/m1/s1. The first-order valence-corrected chi connectivity index (χ1v) is 10.4. The Labute approximate surface area is 175 Å². The molecule has 0 heterocycles. The number of aryl methyl sites for hydroxylation is 3. The van der Waals surface area contributed by atoms with Crippen LogP contribution in [0.4, 0.5) is 0 Å². The molecule has 0 unspecified atom stereocenters. The highest BCUT2D eigenvalue weighted by Gasteiger charge is 2.27. The zero-order valence-corrected chi connectivity index (χ0v) is 18.6. The second-order valence-electron chi connectivity index (χ2n) is 8.11. The van der Waals surface area contributed by atoms with E-state index in [2.05, 4.69) is 17.4 Å². The molecule has 0 aliphatic heterocycles. The van der Waals surface area contributed by atoms with Crippen molar-refractivity contribution in [2.24, 2.45) is 0 Å². The maximum absolute atomic E-state index is 13.3. The Bertz CT molecular complexity index is 842. The van der Waals surface area contributed by atoms with E-state index in [9.17, 15) is 9.59 Å². The minimum Gasteiger partial charge on any atom is -0.352 e. The first-order chi connectivity index (χ1) is 13.7. The van der Waals surface area contributed by atoms with Crippen molar-refractivity contribution < 1.29 is 9.59 Å². The highest BCUT2D eigenvalue weighted by molar-refractivity contribution is 5.88. The number of carbonyl (C=O) groups is 2. The van der Waals surface area contributed by atoms with Gasteiger partial charge in [0.2, 0.25) is 11.8 Å². The summed E-state index contributed by atoms with van der Waals surface area (Å²) in [6.45, 7) is 12.3. The number of rotatable bonds is 8. The number of nitrogens with zero attached hydrogens (tertiary/aromatic N) is 1. The van der Waals surface area contributed by atoms with Gasteiger partial charge in [-0.3, -0.25) is 9.59 Å². The molecule has 2 aromatic carbocycles. The van der Waals surface area contributed by atoms with Gasteiger partial charge in [0.25, 0.3) is 0 Å². The Morgan fingerprint density at radius 3 is 2.21 bits per heavy atom. The molecule has 0 saturated heterocycles. The van der Waals surface area contributed by atoms with Gasteiger partial charge in [0, 0.05) is 12.6 Å². The van der Waals surface area contributed by atoms with E-state index in [1.54, 1.807) is 4.90 Å². The number of nitrogens with one attached hydrogen (secondary N) is 1. The van der Waals surface area contributed by atoms with E-state index < -0.39 is 6.04 Å². The third kappa shape index (κ3) is 6.45. The maximum atomic E-state index is 13.3. The van der Waals surface area contributed by atoms with Crippen LogP contribution in [0, 0.1) is 20.8 Å². The van der Waals surface area contributed by atoms with Gasteiger partial charge in [0.05, 0.1) is 6.42 Å². The average Bonchev–Trinajstić information content (AvgIpc) is 2.69. The van der Waals surface area contributed by atoms with Gasteiger partial charge in [-0.2, -0.15) is 0 Å². The average molecular weight is 395 g/mol. The molecule has 4 nitrogen and oxygen atoms in total. The van der Waals surface area contributed by atoms with Crippen LogP contribution < -0.4 is 5.32 Å². The highest BCUT2D eigenvalue weighted by Crippen LogP contribution is 2.16. The Balaban J connectivity index is 2.26. The lowest BCUT2D eigenvalue weighted by Gasteiger charge is -2.30. The van der Waals surface area contributed by atoms with Crippen LogP contribution in [0.1, 0.15) is 55.0 Å². The van der Waals surface area contributed by atoms with E-state index >= 15 is 0 Å². The fourth-order valence-corrected chi connectivity index (χ4v) is 3.19. The van der Waals surface area contributed by atoms with Gasteiger partial charge in [-0.1, -0.05) is 60.5 Å². The van der Waals surface area contributed by atoms with Crippen molar-refractivity contribution in [3.63, 3.8) is 0 Å². The summed E-state index contributed by atoms with van der Waals surface area (Å²) in [6.07, 6.45) is 1.15. The molecule has 2 rings (SSSR count). The van der Waals surface area contributed by atoms with E-state index in [0.29, 0.717) is 13.0 Å². The summed E-state index contributed by atoms with van der Waals surface area (Å²) in [5, 5.41) is 3.01. The van der Waals surface area contributed by atoms with Crippen molar-refractivity contribution in [1.82, 2.24) is 10.2 Å². The molecule has 0 bridgehead atoms. The monoisotopic (exact) mass is 394 g/mol. The van der Waals surface area contributed by atoms with Gasteiger partial charge in [0.15, 0.2) is 0 Å². The molecule has 0 aromatic heterocycles. The second-order valence-corrected chi connectivity index (χ2v) is 8.11. The normalized spacial score (nSPS) is 12.9. The number of benzene rings is 2. The van der Waals surface area contributed by atoms with Crippen molar-refractivity contribution in [1.29, 1.82) is 0 Å². The Kier molecular flexibility index (Phi) is 8.00. The smallest absolute Gasteiger partial charge is 0.242 e. The summed E-state index contributed by atoms with van der Waals surface area (Å²) in [5.41, 5.74) is 5.43. The molecule has 4 heteroatoms. The molecule has 0 aliphatic carbocycles. The summed E-state index contributed by atoms with van der Waals surface area (Å²) in [5.74, 6) is -0.146. The Morgan fingerprint density at radius 1 is 0.966 bits per heavy atom. The number of hydrogen-bond donors (Lipinski definition) is 1. The van der Waals surface area contributed by atoms with E-state index in [-0.39, 0.29) is 17.9 Å². The molecule has 2 aromatic rings. The molecule has 2 amide bonds. The minimum absolute atomic E-state index is 0.0360. The van der Waals surface area contributed by atoms with Crippen molar-refractivity contribution in [2.45, 2.75) is 73.0 Å². The van der Waals surface area contributed by atoms with Crippen LogP contribution in [-0.2, 0) is 22.6 Å². The van der Waals surface area contributed by atoms with Crippen LogP contribution in [0.15, 0.2) is 42.5 Å². The van der Waals surface area contributed by atoms with Gasteiger partial charge in [-0.15, -0.1) is 0 Å². The number of carbonyl (C=O) groups excluding carboxylic acids is 2. The minimum atomic E-state index is -0.539. The first-order valence-electron chi connectivity index (χ1n) is 10.4. The van der Waals surface area contributed by atoms with Crippen molar-refractivity contribution in [3.8, 4) is 0 Å². The molecule has 0 saturated carbocycles. The van der Waals surface area contributed by atoms with E-state index in [0.717, 1.165) is 28.7 Å². The van der Waals surface area contributed by atoms with E-state index in [1.165, 1.54) is 5.56 Å². The lowest BCUT2D eigenvalue weighted by Crippen LogP contribution is -2.49. The van der Waals surface area contributed by atoms with Gasteiger partial charge >= 0.3 is 0 Å². The van der Waals surface area contributed by atoms with Crippen molar-refractivity contribution in [2.75, 3.05) is 0 Å². The molecular formula is C25H34N2O2. The zero-order valence-electron chi connectivity index (χ0n) is 18.6. The third-order valence-corrected chi connectivity index (χ3v) is 5.49. The quantitative estimate of drug-likeness (QED) is 0.717. The summed E-state index contributed by atoms with van der Waals surface area (Å²) in [7, 11) is 0. The lowest BCUT2D eigenvalue weighted by atomic mass is 10.0.